The van der Waals surface area contributed by atoms with Gasteiger partial charge in [-0.2, -0.15) is 0 Å². The van der Waals surface area contributed by atoms with Gasteiger partial charge in [0.25, 0.3) is 0 Å². The quantitative estimate of drug-likeness (QED) is 0.800. The highest BCUT2D eigenvalue weighted by Crippen LogP contribution is 2.32. The van der Waals surface area contributed by atoms with Crippen LogP contribution in [0.25, 0.3) is 0 Å². The second-order valence-electron chi connectivity index (χ2n) is 3.85. The second-order valence-corrected chi connectivity index (χ2v) is 3.85. The van der Waals surface area contributed by atoms with Gasteiger partial charge < -0.3 is 10.5 Å². The molecule has 0 aliphatic carbocycles. The summed E-state index contributed by atoms with van der Waals surface area (Å²) in [6.45, 7) is 6.96. The van der Waals surface area contributed by atoms with Crippen LogP contribution >= 0.6 is 0 Å². The number of ether oxygens (including phenoxy) is 1. The molecule has 1 aromatic rings. The Balaban J connectivity index is 3.36. The number of aryl methyl sites for hydroxylation is 1. The van der Waals surface area contributed by atoms with Gasteiger partial charge in [0.1, 0.15) is 5.75 Å². The molecule has 0 bridgehead atoms. The van der Waals surface area contributed by atoms with Crippen molar-refractivity contribution in [2.24, 2.45) is 5.73 Å². The summed E-state index contributed by atoms with van der Waals surface area (Å²) >= 11 is 0. The summed E-state index contributed by atoms with van der Waals surface area (Å²) in [5.74, 6) is 1.44. The fourth-order valence-electron chi connectivity index (χ4n) is 1.83. The van der Waals surface area contributed by atoms with E-state index in [-0.39, 0.29) is 0 Å². The predicted molar refractivity (Wildman–Crippen MR) is 59.7 cm³/mol. The molecule has 2 nitrogen and oxygen atoms in total. The SMILES string of the molecule is COc1c(C)ccc(CN)c1C(C)C. The van der Waals surface area contributed by atoms with E-state index in [1.54, 1.807) is 7.11 Å². The number of rotatable bonds is 3. The molecule has 78 valence electrons. The van der Waals surface area contributed by atoms with Crippen molar-refractivity contribution in [2.45, 2.75) is 33.2 Å². The summed E-state index contributed by atoms with van der Waals surface area (Å²) in [6, 6.07) is 4.15. The first-order valence-corrected chi connectivity index (χ1v) is 4.98. The lowest BCUT2D eigenvalue weighted by Gasteiger charge is -2.18. The molecule has 0 atom stereocenters. The Bertz CT molecular complexity index is 318. The van der Waals surface area contributed by atoms with Crippen LogP contribution in [-0.4, -0.2) is 7.11 Å². The topological polar surface area (TPSA) is 35.2 Å². The minimum Gasteiger partial charge on any atom is -0.496 e. The average molecular weight is 193 g/mol. The zero-order chi connectivity index (χ0) is 10.7. The molecule has 0 fully saturated rings. The Labute approximate surface area is 86.1 Å². The Kier molecular flexibility index (Phi) is 3.53. The molecular weight excluding hydrogens is 174 g/mol. The van der Waals surface area contributed by atoms with Gasteiger partial charge in [0, 0.05) is 12.1 Å². The molecule has 0 heterocycles. The van der Waals surface area contributed by atoms with E-state index in [0.29, 0.717) is 12.5 Å². The van der Waals surface area contributed by atoms with E-state index < -0.39 is 0 Å². The van der Waals surface area contributed by atoms with Gasteiger partial charge in [0.15, 0.2) is 0 Å². The van der Waals surface area contributed by atoms with Gasteiger partial charge in [-0.1, -0.05) is 26.0 Å². The minimum atomic E-state index is 0.448. The Hall–Kier alpha value is -1.02. The summed E-state index contributed by atoms with van der Waals surface area (Å²) in [5.41, 5.74) is 9.31. The summed E-state index contributed by atoms with van der Waals surface area (Å²) < 4.78 is 5.42. The van der Waals surface area contributed by atoms with Gasteiger partial charge in [-0.15, -0.1) is 0 Å². The maximum atomic E-state index is 5.71. The minimum absolute atomic E-state index is 0.448. The summed E-state index contributed by atoms with van der Waals surface area (Å²) in [5, 5.41) is 0. The first-order valence-electron chi connectivity index (χ1n) is 4.98. The number of hydrogen-bond acceptors (Lipinski definition) is 2. The van der Waals surface area contributed by atoms with E-state index in [4.69, 9.17) is 10.5 Å². The lowest BCUT2D eigenvalue weighted by atomic mass is 9.94. The van der Waals surface area contributed by atoms with Gasteiger partial charge in [-0.05, 0) is 24.0 Å². The highest BCUT2D eigenvalue weighted by molar-refractivity contribution is 5.47. The number of benzene rings is 1. The van der Waals surface area contributed by atoms with Crippen molar-refractivity contribution in [1.29, 1.82) is 0 Å². The van der Waals surface area contributed by atoms with E-state index >= 15 is 0 Å². The van der Waals surface area contributed by atoms with Crippen molar-refractivity contribution in [2.75, 3.05) is 7.11 Å². The van der Waals surface area contributed by atoms with Crippen LogP contribution < -0.4 is 10.5 Å². The Morgan fingerprint density at radius 1 is 1.36 bits per heavy atom. The largest absolute Gasteiger partial charge is 0.496 e. The standard InChI is InChI=1S/C12H19NO/c1-8(2)11-10(7-13)6-5-9(3)12(11)14-4/h5-6,8H,7,13H2,1-4H3. The predicted octanol–water partition coefficient (Wildman–Crippen LogP) is 2.59. The fraction of sp³-hybridized carbons (Fsp3) is 0.500. The van der Waals surface area contributed by atoms with Crippen molar-refractivity contribution in [3.8, 4) is 5.75 Å². The molecule has 0 spiro atoms. The highest BCUT2D eigenvalue weighted by Gasteiger charge is 2.13. The maximum absolute atomic E-state index is 5.71. The number of nitrogens with two attached hydrogens (primary N) is 1. The van der Waals surface area contributed by atoms with Crippen LogP contribution in [0.5, 0.6) is 5.75 Å². The van der Waals surface area contributed by atoms with E-state index in [2.05, 4.69) is 32.9 Å². The third-order valence-electron chi connectivity index (χ3n) is 2.48. The fourth-order valence-corrected chi connectivity index (χ4v) is 1.83. The van der Waals surface area contributed by atoms with E-state index in [1.165, 1.54) is 16.7 Å². The van der Waals surface area contributed by atoms with Crippen molar-refractivity contribution < 1.29 is 4.74 Å². The van der Waals surface area contributed by atoms with Gasteiger partial charge in [0.2, 0.25) is 0 Å². The van der Waals surface area contributed by atoms with Crippen LogP contribution in [0.2, 0.25) is 0 Å². The first kappa shape index (κ1) is 11.1. The Morgan fingerprint density at radius 3 is 2.43 bits per heavy atom. The summed E-state index contributed by atoms with van der Waals surface area (Å²) in [6.07, 6.45) is 0. The third kappa shape index (κ3) is 1.90. The number of methoxy groups -OCH3 is 1. The molecule has 0 amide bonds. The molecule has 0 saturated heterocycles. The van der Waals surface area contributed by atoms with Gasteiger partial charge >= 0.3 is 0 Å². The number of hydrogen-bond donors (Lipinski definition) is 1. The molecule has 0 unspecified atom stereocenters. The molecule has 1 rings (SSSR count). The summed E-state index contributed by atoms with van der Waals surface area (Å²) in [4.78, 5) is 0. The van der Waals surface area contributed by atoms with Gasteiger partial charge in [-0.25, -0.2) is 0 Å². The van der Waals surface area contributed by atoms with E-state index in [9.17, 15) is 0 Å². The lowest BCUT2D eigenvalue weighted by Crippen LogP contribution is -2.06. The first-order chi connectivity index (χ1) is 6.61. The van der Waals surface area contributed by atoms with Crippen molar-refractivity contribution in [3.63, 3.8) is 0 Å². The van der Waals surface area contributed by atoms with Gasteiger partial charge in [-0.3, -0.25) is 0 Å². The summed E-state index contributed by atoms with van der Waals surface area (Å²) in [7, 11) is 1.72. The van der Waals surface area contributed by atoms with Crippen molar-refractivity contribution in [3.05, 3.63) is 28.8 Å². The van der Waals surface area contributed by atoms with Crippen LogP contribution in [0, 0.1) is 6.92 Å². The molecule has 0 aliphatic rings. The van der Waals surface area contributed by atoms with Crippen molar-refractivity contribution >= 4 is 0 Å². The van der Waals surface area contributed by atoms with Crippen LogP contribution in [0.4, 0.5) is 0 Å². The molecule has 1 aromatic carbocycles. The molecule has 2 heteroatoms. The van der Waals surface area contributed by atoms with E-state index in [1.807, 2.05) is 0 Å². The average Bonchev–Trinajstić information content (AvgIpc) is 2.17. The lowest BCUT2D eigenvalue weighted by molar-refractivity contribution is 0.403. The molecule has 0 aromatic heterocycles. The molecular formula is C12H19NO. The maximum Gasteiger partial charge on any atom is 0.125 e. The third-order valence-corrected chi connectivity index (χ3v) is 2.48. The zero-order valence-corrected chi connectivity index (χ0v) is 9.42. The van der Waals surface area contributed by atoms with Crippen LogP contribution in [0.1, 0.15) is 36.5 Å². The van der Waals surface area contributed by atoms with Crippen LogP contribution in [0.15, 0.2) is 12.1 Å². The van der Waals surface area contributed by atoms with Crippen molar-refractivity contribution in [1.82, 2.24) is 0 Å². The van der Waals surface area contributed by atoms with E-state index in [0.717, 1.165) is 5.75 Å². The monoisotopic (exact) mass is 193 g/mol. The normalized spacial score (nSPS) is 10.7. The van der Waals surface area contributed by atoms with Crippen LogP contribution in [-0.2, 0) is 6.54 Å². The van der Waals surface area contributed by atoms with Crippen LogP contribution in [0.3, 0.4) is 0 Å². The van der Waals surface area contributed by atoms with Gasteiger partial charge in [0.05, 0.1) is 7.11 Å². The molecule has 0 saturated carbocycles. The smallest absolute Gasteiger partial charge is 0.125 e. The zero-order valence-electron chi connectivity index (χ0n) is 9.42. The molecule has 14 heavy (non-hydrogen) atoms. The molecule has 2 N–H and O–H groups in total. The highest BCUT2D eigenvalue weighted by atomic mass is 16.5. The Morgan fingerprint density at radius 2 is 2.00 bits per heavy atom. The second kappa shape index (κ2) is 4.47. The molecule has 0 radical (unpaired) electrons. The molecule has 0 aliphatic heterocycles.